The number of H-pyrrole nitrogens is 1. The van der Waals surface area contributed by atoms with Gasteiger partial charge in [0.1, 0.15) is 15.5 Å². The highest BCUT2D eigenvalue weighted by Gasteiger charge is 2.36. The van der Waals surface area contributed by atoms with E-state index in [9.17, 15) is 13.8 Å². The van der Waals surface area contributed by atoms with E-state index in [2.05, 4.69) is 23.7 Å². The number of carbonyl (C=O) groups is 1. The van der Waals surface area contributed by atoms with Crippen LogP contribution in [0.5, 0.6) is 0 Å². The van der Waals surface area contributed by atoms with Crippen LogP contribution in [0.2, 0.25) is 0 Å². The van der Waals surface area contributed by atoms with E-state index >= 15 is 0 Å². The van der Waals surface area contributed by atoms with Gasteiger partial charge in [-0.2, -0.15) is 0 Å². The number of aromatic nitrogens is 2. The normalized spacial score (nSPS) is 26.0. The highest BCUT2D eigenvalue weighted by molar-refractivity contribution is 7.91. The van der Waals surface area contributed by atoms with Crippen molar-refractivity contribution in [1.82, 2.24) is 14.9 Å². The van der Waals surface area contributed by atoms with Gasteiger partial charge in [0.05, 0.1) is 0 Å². The number of nitrogens with one attached hydrogen (secondary N) is 2. The minimum Gasteiger partial charge on any atom is -0.393 e. The maximum atomic E-state index is 11.1. The lowest BCUT2D eigenvalue weighted by atomic mass is 10.1. The number of nitrogens with zero attached hydrogens (tertiary/aromatic N) is 2. The largest absolute Gasteiger partial charge is 0.434 e. The van der Waals surface area contributed by atoms with Gasteiger partial charge < -0.3 is 4.42 Å². The molecule has 2 rings (SSSR count). The number of amides is 1. The Balaban J connectivity index is 0.000000181. The summed E-state index contributed by atoms with van der Waals surface area (Å²) in [5.41, 5.74) is -0.744. The van der Waals surface area contributed by atoms with Crippen LogP contribution in [0, 0.1) is 6.92 Å². The molecular weight excluding hydrogens is 248 g/mol. The number of rotatable bonds is 0. The van der Waals surface area contributed by atoms with Gasteiger partial charge in [-0.05, 0) is 13.8 Å². The van der Waals surface area contributed by atoms with Crippen LogP contribution in [0.1, 0.15) is 19.7 Å². The van der Waals surface area contributed by atoms with Crippen LogP contribution in [0.25, 0.3) is 0 Å². The molecule has 0 aliphatic carbocycles. The molecule has 1 atom stereocenters. The lowest BCUT2D eigenvalue weighted by Crippen LogP contribution is -2.41. The van der Waals surface area contributed by atoms with E-state index in [1.807, 2.05) is 0 Å². The molecule has 0 fully saturated rings. The van der Waals surface area contributed by atoms with Crippen LogP contribution in [-0.2, 0) is 14.7 Å². The molecule has 0 radical (unpaired) electrons. The molecule has 0 aromatic carbocycles. The summed E-state index contributed by atoms with van der Waals surface area (Å²) in [5.74, 6) is -0.470. The zero-order valence-electron chi connectivity index (χ0n) is 9.94. The summed E-state index contributed by atoms with van der Waals surface area (Å²) in [6.07, 6.45) is 1.42. The van der Waals surface area contributed by atoms with Gasteiger partial charge in [-0.1, -0.05) is 0 Å². The third-order valence-electron chi connectivity index (χ3n) is 1.78. The summed E-state index contributed by atoms with van der Waals surface area (Å²) in [5, 5.41) is 5.51. The fraction of sp³-hybridized carbons (Fsp3) is 0.625. The zero-order chi connectivity index (χ0) is 13.3. The first-order chi connectivity index (χ1) is 7.62. The molecule has 1 unspecified atom stereocenters. The molecule has 0 spiro atoms. The Morgan fingerprint density at radius 2 is 1.94 bits per heavy atom. The summed E-state index contributed by atoms with van der Waals surface area (Å²) >= 11 is 0. The molecule has 0 bridgehead atoms. The van der Waals surface area contributed by atoms with Crippen LogP contribution in [-0.4, -0.2) is 32.1 Å². The highest BCUT2D eigenvalue weighted by atomic mass is 32.2. The van der Waals surface area contributed by atoms with Crippen LogP contribution in [0.15, 0.2) is 13.6 Å². The summed E-state index contributed by atoms with van der Waals surface area (Å²) in [6.45, 7) is 4.92. The Kier molecular flexibility index (Phi) is 3.53. The topological polar surface area (TPSA) is 117 Å². The fourth-order valence-corrected chi connectivity index (χ4v) is 2.74. The average molecular weight is 262 g/mol. The summed E-state index contributed by atoms with van der Waals surface area (Å²) in [7, 11) is -2.43. The number of carbonyl (C=O) groups excluding carboxylic acids is 1. The fourth-order valence-electron chi connectivity index (χ4n) is 1.12. The zero-order valence-corrected chi connectivity index (χ0v) is 10.8. The lowest BCUT2D eigenvalue weighted by Gasteiger charge is -2.13. The first-order valence-electron chi connectivity index (χ1n) is 4.70. The molecule has 1 amide bonds. The Labute approximate surface area is 98.1 Å². The Morgan fingerprint density at radius 3 is 2.06 bits per heavy atom. The second-order valence-electron chi connectivity index (χ2n) is 4.06. The number of hydrogen-bond donors (Lipinski definition) is 2. The molecule has 1 aliphatic heterocycles. The third kappa shape index (κ3) is 3.79. The average Bonchev–Trinajstić information content (AvgIpc) is 2.55. The molecule has 1 aliphatic rings. The number of aromatic amines is 1. The van der Waals surface area contributed by atoms with Crippen molar-refractivity contribution in [2.75, 3.05) is 6.26 Å². The Bertz CT molecular complexity index is 591. The van der Waals surface area contributed by atoms with Crippen LogP contribution >= 0.6 is 0 Å². The molecule has 1 aromatic heterocycles. The van der Waals surface area contributed by atoms with Gasteiger partial charge >= 0.3 is 5.76 Å². The quantitative estimate of drug-likeness (QED) is 0.658. The summed E-state index contributed by atoms with van der Waals surface area (Å²) < 4.78 is 21.6. The number of hydrogen-bond acceptors (Lipinski definition) is 5. The SMILES string of the molecule is CC1(C)NS(C)(=O)=NC1=O.Cc1n[nH]c(=O)o1. The van der Waals surface area contributed by atoms with Crippen molar-refractivity contribution in [2.45, 2.75) is 26.3 Å². The molecular formula is C8H14N4O4S. The van der Waals surface area contributed by atoms with E-state index in [0.717, 1.165) is 0 Å². The standard InChI is InChI=1S/C5H10N2O2S.C3H4N2O2/c1-5(2)4(8)6-10(3,9)7-5;1-2-4-5-3(6)7-2/h1-3H3,(H,6,7,8,9);1H3,(H,5,6). The van der Waals surface area contributed by atoms with Crippen LogP contribution < -0.4 is 10.5 Å². The van der Waals surface area contributed by atoms with Gasteiger partial charge in [0.2, 0.25) is 5.89 Å². The molecule has 96 valence electrons. The Hall–Kier alpha value is -1.48. The smallest absolute Gasteiger partial charge is 0.393 e. The van der Waals surface area contributed by atoms with Gasteiger partial charge in [0.15, 0.2) is 0 Å². The van der Waals surface area contributed by atoms with E-state index in [1.54, 1.807) is 20.8 Å². The van der Waals surface area contributed by atoms with Crippen molar-refractivity contribution in [1.29, 1.82) is 0 Å². The molecule has 2 heterocycles. The van der Waals surface area contributed by atoms with Crippen molar-refractivity contribution in [3.8, 4) is 0 Å². The van der Waals surface area contributed by atoms with Crippen molar-refractivity contribution < 1.29 is 13.4 Å². The van der Waals surface area contributed by atoms with Gasteiger partial charge in [-0.3, -0.25) is 4.79 Å². The summed E-state index contributed by atoms with van der Waals surface area (Å²) in [6, 6.07) is 0. The van der Waals surface area contributed by atoms with E-state index in [0.29, 0.717) is 5.89 Å². The molecule has 0 saturated carbocycles. The first-order valence-corrected chi connectivity index (χ1v) is 6.62. The third-order valence-corrected chi connectivity index (χ3v) is 3.18. The highest BCUT2D eigenvalue weighted by Crippen LogP contribution is 2.14. The van der Waals surface area contributed by atoms with Crippen molar-refractivity contribution in [2.24, 2.45) is 4.36 Å². The van der Waals surface area contributed by atoms with E-state index in [-0.39, 0.29) is 5.91 Å². The minimum atomic E-state index is -2.43. The lowest BCUT2D eigenvalue weighted by molar-refractivity contribution is -0.121. The molecule has 0 saturated heterocycles. The van der Waals surface area contributed by atoms with Crippen molar-refractivity contribution in [3.05, 3.63) is 16.4 Å². The molecule has 9 heteroatoms. The molecule has 8 nitrogen and oxygen atoms in total. The van der Waals surface area contributed by atoms with Gasteiger partial charge in [0, 0.05) is 13.2 Å². The monoisotopic (exact) mass is 262 g/mol. The van der Waals surface area contributed by atoms with Crippen LogP contribution in [0.4, 0.5) is 0 Å². The summed E-state index contributed by atoms with van der Waals surface area (Å²) in [4.78, 5) is 20.9. The van der Waals surface area contributed by atoms with E-state index in [1.165, 1.54) is 6.26 Å². The Morgan fingerprint density at radius 1 is 1.35 bits per heavy atom. The maximum Gasteiger partial charge on any atom is 0.434 e. The second kappa shape index (κ2) is 4.41. The van der Waals surface area contributed by atoms with Crippen molar-refractivity contribution in [3.63, 3.8) is 0 Å². The first kappa shape index (κ1) is 13.6. The molecule has 17 heavy (non-hydrogen) atoms. The van der Waals surface area contributed by atoms with Crippen LogP contribution in [0.3, 0.4) is 0 Å². The van der Waals surface area contributed by atoms with Gasteiger partial charge in [-0.25, -0.2) is 18.8 Å². The van der Waals surface area contributed by atoms with E-state index < -0.39 is 21.2 Å². The molecule has 1 aromatic rings. The number of aryl methyl sites for hydroxylation is 1. The molecule has 2 N–H and O–H groups in total. The van der Waals surface area contributed by atoms with E-state index in [4.69, 9.17) is 0 Å². The van der Waals surface area contributed by atoms with Crippen molar-refractivity contribution >= 4 is 15.8 Å². The van der Waals surface area contributed by atoms with Gasteiger partial charge in [0.25, 0.3) is 5.91 Å². The second-order valence-corrected chi connectivity index (χ2v) is 6.05. The predicted octanol–water partition coefficient (Wildman–Crippen LogP) is -0.421. The maximum absolute atomic E-state index is 11.1. The minimum absolute atomic E-state index is 0.333. The predicted molar refractivity (Wildman–Crippen MR) is 60.6 cm³/mol. The van der Waals surface area contributed by atoms with Gasteiger partial charge in [-0.15, -0.1) is 9.46 Å².